The summed E-state index contributed by atoms with van der Waals surface area (Å²) in [4.78, 5) is 0. The van der Waals surface area contributed by atoms with Crippen molar-refractivity contribution in [2.75, 3.05) is 11.9 Å². The third-order valence-electron chi connectivity index (χ3n) is 0.890. The molecule has 0 saturated heterocycles. The highest BCUT2D eigenvalue weighted by molar-refractivity contribution is 7.14. The fourth-order valence-electron chi connectivity index (χ4n) is 0.535. The van der Waals surface area contributed by atoms with E-state index < -0.39 is 11.1 Å². The summed E-state index contributed by atoms with van der Waals surface area (Å²) in [7, 11) is 0. The van der Waals surface area contributed by atoms with Crippen LogP contribution in [-0.2, 0) is 0 Å². The molecule has 0 saturated carbocycles. The molecule has 6 heteroatoms. The van der Waals surface area contributed by atoms with Crippen LogP contribution in [0.4, 0.5) is 5.82 Å². The Kier molecular flexibility index (Phi) is 2.03. The molecule has 1 aromatic rings. The van der Waals surface area contributed by atoms with Crippen LogP contribution in [0.2, 0.25) is 0 Å². The van der Waals surface area contributed by atoms with Crippen molar-refractivity contribution in [1.29, 1.82) is 0 Å². The fraction of sp³-hybridized carbons (Fsp3) is 0.500. The quantitative estimate of drug-likeness (QED) is 0.611. The predicted molar refractivity (Wildman–Crippen MR) is 36.5 cm³/mol. The molecule has 0 radical (unpaired) electrons. The molecule has 1 atom stereocenters. The molecule has 0 aliphatic heterocycles. The Balaban J connectivity index is 2.81. The first kappa shape index (κ1) is 7.23. The second-order valence-electron chi connectivity index (χ2n) is 1.62. The van der Waals surface area contributed by atoms with E-state index in [-0.39, 0.29) is 11.7 Å². The summed E-state index contributed by atoms with van der Waals surface area (Å²) in [6.07, 6.45) is 0. The highest BCUT2D eigenvalue weighted by Gasteiger charge is 2.11. The summed E-state index contributed by atoms with van der Waals surface area (Å²) >= 11 is -1.62. The van der Waals surface area contributed by atoms with Crippen molar-refractivity contribution in [3.8, 4) is 5.88 Å². The van der Waals surface area contributed by atoms with Crippen LogP contribution >= 0.6 is 11.1 Å². The van der Waals surface area contributed by atoms with Crippen LogP contribution in [-0.4, -0.2) is 25.0 Å². The minimum atomic E-state index is -1.62. The Morgan fingerprint density at radius 3 is 2.80 bits per heavy atom. The third kappa shape index (κ3) is 1.34. The minimum absolute atomic E-state index is 0.209. The molecule has 0 spiro atoms. The Labute approximate surface area is 60.8 Å². The molecular formula is C4H7N3O2S. The summed E-state index contributed by atoms with van der Waals surface area (Å²) in [5, 5.41) is 11.6. The molecule has 0 aliphatic rings. The van der Waals surface area contributed by atoms with Gasteiger partial charge in [0.1, 0.15) is 0 Å². The van der Waals surface area contributed by atoms with E-state index in [0.717, 1.165) is 0 Å². The van der Waals surface area contributed by atoms with Gasteiger partial charge in [-0.2, -0.15) is 0 Å². The van der Waals surface area contributed by atoms with Crippen molar-refractivity contribution in [3.63, 3.8) is 0 Å². The van der Waals surface area contributed by atoms with Crippen molar-refractivity contribution in [2.24, 2.45) is 0 Å². The smallest absolute Gasteiger partial charge is 0.315 e. The van der Waals surface area contributed by atoms with Crippen molar-refractivity contribution >= 4 is 17.0 Å². The molecule has 0 aliphatic carbocycles. The van der Waals surface area contributed by atoms with Crippen LogP contribution in [0.15, 0.2) is 0 Å². The van der Waals surface area contributed by atoms with Gasteiger partial charge >= 0.3 is 5.88 Å². The van der Waals surface area contributed by atoms with Crippen LogP contribution in [0.3, 0.4) is 0 Å². The van der Waals surface area contributed by atoms with Gasteiger partial charge in [0.15, 0.2) is 11.1 Å². The van der Waals surface area contributed by atoms with E-state index in [9.17, 15) is 4.55 Å². The van der Waals surface area contributed by atoms with Gasteiger partial charge in [0, 0.05) is 15.3 Å². The van der Waals surface area contributed by atoms with E-state index in [0.29, 0.717) is 6.54 Å². The lowest BCUT2D eigenvalue weighted by molar-refractivity contribution is 0.459. The van der Waals surface area contributed by atoms with Gasteiger partial charge < -0.3 is 15.0 Å². The molecule has 0 aromatic carbocycles. The molecule has 1 rings (SSSR count). The monoisotopic (exact) mass is 161 g/mol. The summed E-state index contributed by atoms with van der Waals surface area (Å²) in [6.45, 7) is 2.46. The third-order valence-corrected chi connectivity index (χ3v) is 1.56. The van der Waals surface area contributed by atoms with E-state index in [4.69, 9.17) is 5.11 Å². The van der Waals surface area contributed by atoms with Crippen LogP contribution < -0.4 is 5.32 Å². The molecule has 5 nitrogen and oxygen atoms in total. The summed E-state index contributed by atoms with van der Waals surface area (Å²) in [5.41, 5.74) is 0. The highest BCUT2D eigenvalue weighted by Crippen LogP contribution is 2.22. The van der Waals surface area contributed by atoms with Gasteiger partial charge in [-0.25, -0.2) is 0 Å². The molecule has 0 fully saturated rings. The van der Waals surface area contributed by atoms with Crippen molar-refractivity contribution < 1.29 is 9.66 Å². The number of rotatable bonds is 2. The molecular weight excluding hydrogens is 154 g/mol. The minimum Gasteiger partial charge on any atom is -0.546 e. The first-order valence-corrected chi connectivity index (χ1v) is 3.83. The lowest BCUT2D eigenvalue weighted by atomic mass is 10.6. The number of nitrogens with zero attached hydrogens (tertiary/aromatic N) is 2. The maximum absolute atomic E-state index is 10.5. The first-order chi connectivity index (χ1) is 4.74. The SMILES string of the molecule is CCNc1n[s+]([O-])nc1O. The van der Waals surface area contributed by atoms with Crippen LogP contribution in [0.5, 0.6) is 5.88 Å². The van der Waals surface area contributed by atoms with Crippen LogP contribution in [0, 0.1) is 0 Å². The number of aromatic nitrogens is 2. The van der Waals surface area contributed by atoms with Gasteiger partial charge in [0.2, 0.25) is 0 Å². The number of anilines is 1. The van der Waals surface area contributed by atoms with Gasteiger partial charge in [-0.1, -0.05) is 0 Å². The number of nitrogens with one attached hydrogen (secondary N) is 1. The van der Waals surface area contributed by atoms with E-state index in [1.54, 1.807) is 0 Å². The number of aromatic hydroxyl groups is 1. The van der Waals surface area contributed by atoms with E-state index in [1.807, 2.05) is 6.92 Å². The molecule has 0 amide bonds. The van der Waals surface area contributed by atoms with Crippen molar-refractivity contribution in [3.05, 3.63) is 0 Å². The fourth-order valence-corrected chi connectivity index (χ4v) is 1.11. The molecule has 56 valence electrons. The molecule has 10 heavy (non-hydrogen) atoms. The number of hydrogen-bond donors (Lipinski definition) is 2. The van der Waals surface area contributed by atoms with Gasteiger partial charge in [-0.3, -0.25) is 0 Å². The van der Waals surface area contributed by atoms with Crippen LogP contribution in [0.25, 0.3) is 0 Å². The van der Waals surface area contributed by atoms with E-state index >= 15 is 0 Å². The zero-order valence-corrected chi connectivity index (χ0v) is 6.18. The van der Waals surface area contributed by atoms with E-state index in [1.165, 1.54) is 0 Å². The summed E-state index contributed by atoms with van der Waals surface area (Å²) in [6, 6.07) is 0. The predicted octanol–water partition coefficient (Wildman–Crippen LogP) is 0.342. The Bertz CT molecular complexity index is 224. The van der Waals surface area contributed by atoms with E-state index in [2.05, 4.69) is 14.1 Å². The lowest BCUT2D eigenvalue weighted by Crippen LogP contribution is -1.96. The van der Waals surface area contributed by atoms with Crippen molar-refractivity contribution in [1.82, 2.24) is 8.75 Å². The maximum atomic E-state index is 10.5. The van der Waals surface area contributed by atoms with Gasteiger partial charge in [0.05, 0.1) is 0 Å². The molecule has 1 heterocycles. The Hall–Kier alpha value is -0.880. The van der Waals surface area contributed by atoms with Crippen LogP contribution in [0.1, 0.15) is 6.92 Å². The average molecular weight is 161 g/mol. The Morgan fingerprint density at radius 1 is 1.70 bits per heavy atom. The Morgan fingerprint density at radius 2 is 2.40 bits per heavy atom. The largest absolute Gasteiger partial charge is 0.546 e. The number of hydrogen-bond acceptors (Lipinski definition) is 5. The molecule has 1 unspecified atom stereocenters. The second kappa shape index (κ2) is 2.80. The highest BCUT2D eigenvalue weighted by atomic mass is 32.2. The maximum Gasteiger partial charge on any atom is 0.315 e. The molecule has 1 aromatic heterocycles. The van der Waals surface area contributed by atoms with Gasteiger partial charge in [-0.05, 0) is 6.92 Å². The zero-order chi connectivity index (χ0) is 7.56. The second-order valence-corrected chi connectivity index (χ2v) is 2.44. The standard InChI is InChI=1S/C4H7N3O2S/c1-2-5-3-4(8)7-10(9)6-3/h2H2,1H3,(H,5,6)(H,7,8). The average Bonchev–Trinajstić information content (AvgIpc) is 2.13. The van der Waals surface area contributed by atoms with Gasteiger partial charge in [0.25, 0.3) is 5.82 Å². The molecule has 0 bridgehead atoms. The lowest BCUT2D eigenvalue weighted by Gasteiger charge is -1.90. The zero-order valence-electron chi connectivity index (χ0n) is 5.37. The van der Waals surface area contributed by atoms with Gasteiger partial charge in [-0.15, -0.1) is 0 Å². The normalized spacial score (nSPS) is 11.6. The first-order valence-electron chi connectivity index (χ1n) is 2.76. The summed E-state index contributed by atoms with van der Waals surface area (Å²) in [5.74, 6) is -0.0685. The van der Waals surface area contributed by atoms with Crippen molar-refractivity contribution in [2.45, 2.75) is 6.92 Å². The molecule has 2 N–H and O–H groups in total. The topological polar surface area (TPSA) is 81.1 Å². The summed E-state index contributed by atoms with van der Waals surface area (Å²) < 4.78 is 17.2.